The molecule has 1 atom stereocenters. The average molecular weight is 230 g/mol. The van der Waals surface area contributed by atoms with Crippen molar-refractivity contribution in [3.8, 4) is 5.75 Å². The third-order valence-electron chi connectivity index (χ3n) is 2.33. The number of hydrogen-bond donors (Lipinski definition) is 1. The van der Waals surface area contributed by atoms with Crippen LogP contribution in [0.2, 0.25) is 0 Å². The van der Waals surface area contributed by atoms with Crippen LogP contribution >= 0.6 is 0 Å². The number of nitrogens with zero attached hydrogens (tertiary/aromatic N) is 2. The highest BCUT2D eigenvalue weighted by Gasteiger charge is 2.03. The molecule has 1 N–H and O–H groups in total. The number of aliphatic hydroxyl groups excluding tert-OH is 1. The highest BCUT2D eigenvalue weighted by atomic mass is 16.5. The molecule has 1 unspecified atom stereocenters. The van der Waals surface area contributed by atoms with Gasteiger partial charge in [0.25, 0.3) is 0 Å². The van der Waals surface area contributed by atoms with Crippen LogP contribution in [0.3, 0.4) is 0 Å². The summed E-state index contributed by atoms with van der Waals surface area (Å²) in [4.78, 5) is 8.13. The van der Waals surface area contributed by atoms with Gasteiger partial charge in [-0.2, -0.15) is 0 Å². The summed E-state index contributed by atoms with van der Waals surface area (Å²) in [5, 5.41) is 9.45. The van der Waals surface area contributed by atoms with Crippen molar-refractivity contribution >= 4 is 0 Å². The van der Waals surface area contributed by atoms with Crippen LogP contribution in [-0.2, 0) is 6.61 Å². The van der Waals surface area contributed by atoms with E-state index in [2.05, 4.69) is 9.97 Å². The van der Waals surface area contributed by atoms with Crippen LogP contribution in [0.4, 0.5) is 0 Å². The van der Waals surface area contributed by atoms with Gasteiger partial charge in [-0.05, 0) is 30.7 Å². The van der Waals surface area contributed by atoms with Crippen molar-refractivity contribution < 1.29 is 9.84 Å². The molecule has 0 bridgehead atoms. The van der Waals surface area contributed by atoms with E-state index in [4.69, 9.17) is 4.74 Å². The van der Waals surface area contributed by atoms with Crippen molar-refractivity contribution in [2.24, 2.45) is 0 Å². The van der Waals surface area contributed by atoms with E-state index in [1.807, 2.05) is 24.3 Å². The summed E-state index contributed by atoms with van der Waals surface area (Å²) in [7, 11) is 0. The molecular weight excluding hydrogens is 216 g/mol. The summed E-state index contributed by atoms with van der Waals surface area (Å²) in [6.07, 6.45) is 2.86. The molecule has 1 aromatic heterocycles. The van der Waals surface area contributed by atoms with E-state index in [1.54, 1.807) is 25.4 Å². The monoisotopic (exact) mass is 230 g/mol. The van der Waals surface area contributed by atoms with Crippen molar-refractivity contribution in [1.29, 1.82) is 0 Å². The van der Waals surface area contributed by atoms with Crippen LogP contribution in [0.25, 0.3) is 0 Å². The van der Waals surface area contributed by atoms with Gasteiger partial charge in [0.15, 0.2) is 5.82 Å². The van der Waals surface area contributed by atoms with E-state index < -0.39 is 6.10 Å². The Kier molecular flexibility index (Phi) is 3.67. The normalized spacial score (nSPS) is 12.1. The van der Waals surface area contributed by atoms with Gasteiger partial charge in [0.05, 0.1) is 6.10 Å². The van der Waals surface area contributed by atoms with Gasteiger partial charge >= 0.3 is 0 Å². The molecule has 2 aromatic rings. The maximum Gasteiger partial charge on any atom is 0.166 e. The van der Waals surface area contributed by atoms with Gasteiger partial charge in [0.1, 0.15) is 12.4 Å². The lowest BCUT2D eigenvalue weighted by molar-refractivity contribution is 0.198. The molecule has 0 amide bonds. The van der Waals surface area contributed by atoms with Crippen LogP contribution < -0.4 is 4.74 Å². The van der Waals surface area contributed by atoms with Crippen LogP contribution in [-0.4, -0.2) is 15.1 Å². The average Bonchev–Trinajstić information content (AvgIpc) is 2.38. The van der Waals surface area contributed by atoms with E-state index in [9.17, 15) is 5.11 Å². The Labute approximate surface area is 99.9 Å². The molecule has 88 valence electrons. The van der Waals surface area contributed by atoms with Crippen LogP contribution in [0.5, 0.6) is 5.75 Å². The van der Waals surface area contributed by atoms with Gasteiger partial charge in [-0.25, -0.2) is 9.97 Å². The second kappa shape index (κ2) is 5.41. The molecule has 2 rings (SSSR count). The molecule has 0 radical (unpaired) electrons. The molecule has 0 aliphatic rings. The minimum absolute atomic E-state index is 0.324. The van der Waals surface area contributed by atoms with Crippen molar-refractivity contribution in [2.75, 3.05) is 0 Å². The van der Waals surface area contributed by atoms with Gasteiger partial charge in [0.2, 0.25) is 0 Å². The van der Waals surface area contributed by atoms with E-state index >= 15 is 0 Å². The molecule has 0 fully saturated rings. The Morgan fingerprint density at radius 3 is 2.71 bits per heavy atom. The van der Waals surface area contributed by atoms with Crippen molar-refractivity contribution in [3.05, 3.63) is 54.1 Å². The van der Waals surface area contributed by atoms with Gasteiger partial charge < -0.3 is 9.84 Å². The third-order valence-corrected chi connectivity index (χ3v) is 2.33. The Morgan fingerprint density at radius 2 is 2.00 bits per heavy atom. The fourth-order valence-corrected chi connectivity index (χ4v) is 1.42. The molecule has 4 heteroatoms. The number of aromatic nitrogens is 2. The number of ether oxygens (including phenoxy) is 1. The smallest absolute Gasteiger partial charge is 0.166 e. The number of rotatable bonds is 4. The fourth-order valence-electron chi connectivity index (χ4n) is 1.42. The Balaban J connectivity index is 2.02. The van der Waals surface area contributed by atoms with Gasteiger partial charge in [-0.1, -0.05) is 12.1 Å². The topological polar surface area (TPSA) is 55.2 Å². The van der Waals surface area contributed by atoms with Crippen molar-refractivity contribution in [1.82, 2.24) is 9.97 Å². The highest BCUT2D eigenvalue weighted by molar-refractivity contribution is 5.29. The second-order valence-corrected chi connectivity index (χ2v) is 3.70. The summed E-state index contributed by atoms with van der Waals surface area (Å²) >= 11 is 0. The van der Waals surface area contributed by atoms with E-state index in [-0.39, 0.29) is 0 Å². The first-order valence-electron chi connectivity index (χ1n) is 5.42. The molecule has 1 heterocycles. The van der Waals surface area contributed by atoms with Crippen molar-refractivity contribution in [2.45, 2.75) is 19.6 Å². The zero-order chi connectivity index (χ0) is 12.1. The molecule has 0 aliphatic carbocycles. The number of aliphatic hydroxyl groups is 1. The summed E-state index contributed by atoms with van der Waals surface area (Å²) in [6.45, 7) is 2.05. The molecule has 0 spiro atoms. The molecule has 0 saturated carbocycles. The number of hydrogen-bond acceptors (Lipinski definition) is 4. The largest absolute Gasteiger partial charge is 0.486 e. The lowest BCUT2D eigenvalue weighted by Crippen LogP contribution is -2.01. The first-order chi connectivity index (χ1) is 8.25. The molecular formula is C13H14N2O2. The lowest BCUT2D eigenvalue weighted by atomic mass is 10.1. The van der Waals surface area contributed by atoms with E-state index in [0.717, 1.165) is 5.56 Å². The fraction of sp³-hybridized carbons (Fsp3) is 0.231. The standard InChI is InChI=1S/C13H14N2O2/c1-10(16)11-4-2-5-12(8-11)17-9-13-14-6-3-7-15-13/h2-8,10,16H,9H2,1H3. The Morgan fingerprint density at radius 1 is 1.24 bits per heavy atom. The Bertz CT molecular complexity index is 472. The van der Waals surface area contributed by atoms with Crippen molar-refractivity contribution in [3.63, 3.8) is 0 Å². The van der Waals surface area contributed by atoms with Crippen LogP contribution in [0, 0.1) is 0 Å². The van der Waals surface area contributed by atoms with Gasteiger partial charge in [0, 0.05) is 12.4 Å². The predicted octanol–water partition coefficient (Wildman–Crippen LogP) is 2.11. The quantitative estimate of drug-likeness (QED) is 0.874. The van der Waals surface area contributed by atoms with E-state index in [0.29, 0.717) is 18.2 Å². The zero-order valence-electron chi connectivity index (χ0n) is 9.58. The summed E-state index contributed by atoms with van der Waals surface area (Å²) in [5.41, 5.74) is 0.830. The molecule has 4 nitrogen and oxygen atoms in total. The molecule has 1 aromatic carbocycles. The second-order valence-electron chi connectivity index (χ2n) is 3.70. The Hall–Kier alpha value is -1.94. The first kappa shape index (κ1) is 11.5. The molecule has 17 heavy (non-hydrogen) atoms. The highest BCUT2D eigenvalue weighted by Crippen LogP contribution is 2.19. The van der Waals surface area contributed by atoms with E-state index in [1.165, 1.54) is 0 Å². The first-order valence-corrected chi connectivity index (χ1v) is 5.42. The maximum absolute atomic E-state index is 9.45. The predicted molar refractivity (Wildman–Crippen MR) is 63.4 cm³/mol. The lowest BCUT2D eigenvalue weighted by Gasteiger charge is -2.08. The van der Waals surface area contributed by atoms with Crippen LogP contribution in [0.15, 0.2) is 42.7 Å². The number of benzene rings is 1. The molecule has 0 saturated heterocycles. The minimum Gasteiger partial charge on any atom is -0.486 e. The minimum atomic E-state index is -0.494. The zero-order valence-corrected chi connectivity index (χ0v) is 9.58. The van der Waals surface area contributed by atoms with Crippen LogP contribution in [0.1, 0.15) is 24.4 Å². The third kappa shape index (κ3) is 3.26. The summed E-state index contributed by atoms with van der Waals surface area (Å²) < 4.78 is 5.55. The van der Waals surface area contributed by atoms with Gasteiger partial charge in [-0.3, -0.25) is 0 Å². The molecule has 0 aliphatic heterocycles. The van der Waals surface area contributed by atoms with Gasteiger partial charge in [-0.15, -0.1) is 0 Å². The summed E-state index contributed by atoms with van der Waals surface area (Å²) in [6, 6.07) is 9.12. The maximum atomic E-state index is 9.45. The SMILES string of the molecule is CC(O)c1cccc(OCc2ncccn2)c1. The summed E-state index contributed by atoms with van der Waals surface area (Å²) in [5.74, 6) is 1.34.